The Kier molecular flexibility index (Phi) is 6.04. The van der Waals surface area contributed by atoms with Crippen LogP contribution in [0.2, 0.25) is 0 Å². The summed E-state index contributed by atoms with van der Waals surface area (Å²) in [4.78, 5) is 25.1. The summed E-state index contributed by atoms with van der Waals surface area (Å²) in [6.07, 6.45) is 5.30. The molecule has 0 aromatic carbocycles. The van der Waals surface area contributed by atoms with Crippen molar-refractivity contribution in [2.45, 2.75) is 38.5 Å². The number of aromatic nitrogens is 1. The summed E-state index contributed by atoms with van der Waals surface area (Å²) in [5.74, 6) is 1.28. The first kappa shape index (κ1) is 15.8. The zero-order valence-electron chi connectivity index (χ0n) is 12.6. The van der Waals surface area contributed by atoms with Gasteiger partial charge in [-0.15, -0.1) is 0 Å². The van der Waals surface area contributed by atoms with Gasteiger partial charge in [0, 0.05) is 45.7 Å². The molecule has 0 aliphatic carbocycles. The van der Waals surface area contributed by atoms with E-state index in [1.807, 2.05) is 4.90 Å². The van der Waals surface area contributed by atoms with Crippen LogP contribution in [0.3, 0.4) is 0 Å². The van der Waals surface area contributed by atoms with E-state index in [4.69, 9.17) is 9.26 Å². The molecule has 1 aromatic heterocycles. The number of carbonyl (C=O) groups is 1. The molecule has 2 rings (SSSR count). The van der Waals surface area contributed by atoms with Crippen molar-refractivity contribution in [3.05, 3.63) is 22.2 Å². The van der Waals surface area contributed by atoms with Crippen LogP contribution in [0.1, 0.15) is 37.9 Å². The average Bonchev–Trinajstić information content (AvgIpc) is 2.91. The van der Waals surface area contributed by atoms with E-state index >= 15 is 0 Å². The third-order valence-electron chi connectivity index (χ3n) is 3.99. The van der Waals surface area contributed by atoms with Crippen molar-refractivity contribution in [2.75, 3.05) is 26.8 Å². The Bertz CT molecular complexity index is 494. The number of amides is 1. The Hall–Kier alpha value is -1.56. The first-order valence-electron chi connectivity index (χ1n) is 7.63. The largest absolute Gasteiger partial charge is 0.385 e. The van der Waals surface area contributed by atoms with Crippen molar-refractivity contribution in [2.24, 2.45) is 5.92 Å². The number of aromatic amines is 1. The van der Waals surface area contributed by atoms with Gasteiger partial charge in [0.15, 0.2) is 0 Å². The van der Waals surface area contributed by atoms with Gasteiger partial charge in [-0.1, -0.05) is 0 Å². The molecule has 1 saturated heterocycles. The minimum atomic E-state index is -0.256. The van der Waals surface area contributed by atoms with Gasteiger partial charge in [0.2, 0.25) is 5.91 Å². The number of H-pyrrole nitrogens is 1. The molecule has 1 amide bonds. The lowest BCUT2D eigenvalue weighted by Crippen LogP contribution is -2.40. The normalized spacial score (nSPS) is 18.9. The molecular weight excluding hydrogens is 272 g/mol. The van der Waals surface area contributed by atoms with Crippen molar-refractivity contribution in [1.29, 1.82) is 0 Å². The lowest BCUT2D eigenvalue weighted by molar-refractivity contribution is -0.133. The van der Waals surface area contributed by atoms with Crippen LogP contribution in [0.5, 0.6) is 0 Å². The monoisotopic (exact) mass is 296 g/mol. The van der Waals surface area contributed by atoms with E-state index < -0.39 is 0 Å². The number of nitrogens with zero attached hydrogens (tertiary/aromatic N) is 1. The maximum Gasteiger partial charge on any atom is 0.280 e. The minimum absolute atomic E-state index is 0.148. The predicted molar refractivity (Wildman–Crippen MR) is 78.1 cm³/mol. The molecule has 1 atom stereocenters. The third-order valence-corrected chi connectivity index (χ3v) is 3.99. The summed E-state index contributed by atoms with van der Waals surface area (Å²) in [5, 5.41) is 2.24. The van der Waals surface area contributed by atoms with Crippen molar-refractivity contribution >= 4 is 5.91 Å². The van der Waals surface area contributed by atoms with Crippen molar-refractivity contribution < 1.29 is 14.1 Å². The fourth-order valence-corrected chi connectivity index (χ4v) is 2.88. The second-order valence-electron chi connectivity index (χ2n) is 5.66. The van der Waals surface area contributed by atoms with Crippen LogP contribution in [-0.4, -0.2) is 42.8 Å². The predicted octanol–water partition coefficient (Wildman–Crippen LogP) is 1.57. The molecule has 6 nitrogen and oxygen atoms in total. The number of hydrogen-bond acceptors (Lipinski definition) is 4. The molecule has 0 saturated carbocycles. The highest BCUT2D eigenvalue weighted by molar-refractivity contribution is 5.76. The number of methoxy groups -OCH3 is 1. The summed E-state index contributed by atoms with van der Waals surface area (Å²) in [6, 6.07) is 1.40. The second-order valence-corrected chi connectivity index (χ2v) is 5.66. The highest BCUT2D eigenvalue weighted by Crippen LogP contribution is 2.21. The van der Waals surface area contributed by atoms with E-state index in [1.54, 1.807) is 7.11 Å². The number of hydrogen-bond donors (Lipinski definition) is 1. The Labute approximate surface area is 124 Å². The third kappa shape index (κ3) is 5.04. The van der Waals surface area contributed by atoms with Crippen LogP contribution in [0.25, 0.3) is 0 Å². The highest BCUT2D eigenvalue weighted by atomic mass is 16.5. The second kappa shape index (κ2) is 8.02. The number of likely N-dealkylation sites (tertiary alicyclic amines) is 1. The molecule has 1 aliphatic rings. The Morgan fingerprint density at radius 2 is 2.43 bits per heavy atom. The fourth-order valence-electron chi connectivity index (χ4n) is 2.88. The lowest BCUT2D eigenvalue weighted by Gasteiger charge is -2.33. The van der Waals surface area contributed by atoms with E-state index in [-0.39, 0.29) is 11.5 Å². The van der Waals surface area contributed by atoms with E-state index in [2.05, 4.69) is 5.16 Å². The molecule has 1 N–H and O–H groups in total. The first-order chi connectivity index (χ1) is 10.2. The summed E-state index contributed by atoms with van der Waals surface area (Å²) in [6.45, 7) is 2.48. The lowest BCUT2D eigenvalue weighted by atomic mass is 9.93. The Morgan fingerprint density at radius 3 is 3.14 bits per heavy atom. The molecule has 0 bridgehead atoms. The number of piperidine rings is 1. The first-order valence-corrected chi connectivity index (χ1v) is 7.63. The number of ether oxygens (including phenoxy) is 1. The number of carbonyl (C=O) groups excluding carboxylic acids is 1. The standard InChI is InChI=1S/C15H24N2O4/c1-20-9-3-5-12-4-2-8-17(11-12)15(19)7-6-13-10-14(18)16-21-13/h10,12H,2-9,11H2,1H3,(H,16,18)/t12-/m0/s1. The van der Waals surface area contributed by atoms with Crippen molar-refractivity contribution in [3.63, 3.8) is 0 Å². The molecule has 0 unspecified atom stereocenters. The highest BCUT2D eigenvalue weighted by Gasteiger charge is 2.23. The van der Waals surface area contributed by atoms with Gasteiger partial charge in [-0.05, 0) is 31.6 Å². The van der Waals surface area contributed by atoms with Crippen molar-refractivity contribution in [3.8, 4) is 0 Å². The summed E-state index contributed by atoms with van der Waals surface area (Å²) in [7, 11) is 1.72. The zero-order valence-corrected chi connectivity index (χ0v) is 12.6. The summed E-state index contributed by atoms with van der Waals surface area (Å²) in [5.41, 5.74) is -0.256. The number of rotatable bonds is 7. The van der Waals surface area contributed by atoms with Gasteiger partial charge in [0.25, 0.3) is 5.56 Å². The Balaban J connectivity index is 1.74. The van der Waals surface area contributed by atoms with Crippen LogP contribution in [0.15, 0.2) is 15.4 Å². The van der Waals surface area contributed by atoms with Crippen molar-refractivity contribution in [1.82, 2.24) is 10.1 Å². The van der Waals surface area contributed by atoms with Gasteiger partial charge >= 0.3 is 0 Å². The molecular formula is C15H24N2O4. The van der Waals surface area contributed by atoms with Gasteiger partial charge in [-0.3, -0.25) is 9.59 Å². The molecule has 21 heavy (non-hydrogen) atoms. The van der Waals surface area contributed by atoms with Crippen LogP contribution in [0.4, 0.5) is 0 Å². The van der Waals surface area contributed by atoms with Crippen LogP contribution >= 0.6 is 0 Å². The molecule has 1 fully saturated rings. The van der Waals surface area contributed by atoms with Crippen LogP contribution in [-0.2, 0) is 16.0 Å². The summed E-state index contributed by atoms with van der Waals surface area (Å²) < 4.78 is 10.0. The van der Waals surface area contributed by atoms with Gasteiger partial charge in [0.1, 0.15) is 5.76 Å². The smallest absolute Gasteiger partial charge is 0.280 e. The maximum absolute atomic E-state index is 12.2. The maximum atomic E-state index is 12.2. The van der Waals surface area contributed by atoms with E-state index in [9.17, 15) is 9.59 Å². The zero-order chi connectivity index (χ0) is 15.1. The Morgan fingerprint density at radius 1 is 1.57 bits per heavy atom. The number of aryl methyl sites for hydroxylation is 1. The molecule has 1 aromatic rings. The number of nitrogens with one attached hydrogen (secondary N) is 1. The molecule has 2 heterocycles. The van der Waals surface area contributed by atoms with Crippen LogP contribution in [0, 0.1) is 5.92 Å². The molecule has 0 radical (unpaired) electrons. The van der Waals surface area contributed by atoms with Gasteiger partial charge in [-0.2, -0.15) is 5.16 Å². The van der Waals surface area contributed by atoms with E-state index in [0.29, 0.717) is 24.5 Å². The average molecular weight is 296 g/mol. The topological polar surface area (TPSA) is 75.5 Å². The quantitative estimate of drug-likeness (QED) is 0.775. The molecule has 6 heteroatoms. The SMILES string of the molecule is COCCC[C@@H]1CCCN(C(=O)CCc2cc(=O)[nH]o2)C1. The van der Waals surface area contributed by atoms with Gasteiger partial charge < -0.3 is 14.2 Å². The molecule has 0 spiro atoms. The van der Waals surface area contributed by atoms with Gasteiger partial charge in [-0.25, -0.2) is 0 Å². The van der Waals surface area contributed by atoms with Crippen LogP contribution < -0.4 is 5.56 Å². The van der Waals surface area contributed by atoms with E-state index in [0.717, 1.165) is 39.0 Å². The fraction of sp³-hybridized carbons (Fsp3) is 0.733. The molecule has 118 valence electrons. The van der Waals surface area contributed by atoms with E-state index in [1.165, 1.54) is 12.5 Å². The van der Waals surface area contributed by atoms with Gasteiger partial charge in [0.05, 0.1) is 0 Å². The minimum Gasteiger partial charge on any atom is -0.385 e. The molecule has 1 aliphatic heterocycles. The summed E-state index contributed by atoms with van der Waals surface area (Å²) >= 11 is 0.